The molecule has 4 nitrogen and oxygen atoms in total. The number of ether oxygens (including phenoxy) is 1. The van der Waals surface area contributed by atoms with Gasteiger partial charge in [0.25, 0.3) is 5.91 Å². The molecule has 2 N–H and O–H groups in total. The first-order valence-corrected chi connectivity index (χ1v) is 10.5. The van der Waals surface area contributed by atoms with Gasteiger partial charge in [0.05, 0.1) is 12.2 Å². The Balaban J connectivity index is 1.78. The lowest BCUT2D eigenvalue weighted by Gasteiger charge is -2.13. The fraction of sp³-hybridized carbons (Fsp3) is 0.391. The number of carbonyl (C=O) groups excluding carboxylic acids is 1. The Morgan fingerprint density at radius 2 is 1.68 bits per heavy atom. The van der Waals surface area contributed by atoms with Crippen molar-refractivity contribution in [2.24, 2.45) is 0 Å². The summed E-state index contributed by atoms with van der Waals surface area (Å²) in [7, 11) is 0. The van der Waals surface area contributed by atoms with Crippen LogP contribution in [0.15, 0.2) is 54.6 Å². The summed E-state index contributed by atoms with van der Waals surface area (Å²) < 4.78 is 5.86. The van der Waals surface area contributed by atoms with Gasteiger partial charge in [0, 0.05) is 13.0 Å². The number of carbonyl (C=O) groups is 1. The lowest BCUT2D eigenvalue weighted by atomic mass is 10.1. The van der Waals surface area contributed by atoms with Crippen LogP contribution in [0.5, 0.6) is 5.75 Å². The van der Waals surface area contributed by atoms with E-state index < -0.39 is 0 Å². The smallest absolute Gasteiger partial charge is 0.261 e. The summed E-state index contributed by atoms with van der Waals surface area (Å²) in [5.74, 6) is 0.317. The zero-order valence-electron chi connectivity index (χ0n) is 16.6. The number of amides is 1. The molecule has 0 bridgehead atoms. The van der Waals surface area contributed by atoms with Crippen LogP contribution in [0, 0.1) is 0 Å². The molecule has 0 radical (unpaired) electrons. The molecule has 0 atom stereocenters. The predicted molar refractivity (Wildman–Crippen MR) is 119 cm³/mol. The highest BCUT2D eigenvalue weighted by molar-refractivity contribution is 7.80. The van der Waals surface area contributed by atoms with Crippen molar-refractivity contribution in [1.82, 2.24) is 10.6 Å². The molecule has 0 saturated carbocycles. The monoisotopic (exact) mass is 398 g/mol. The van der Waals surface area contributed by atoms with E-state index in [-0.39, 0.29) is 5.91 Å². The van der Waals surface area contributed by atoms with Crippen LogP contribution in [-0.2, 0) is 6.42 Å². The first kappa shape index (κ1) is 21.9. The Morgan fingerprint density at radius 1 is 0.964 bits per heavy atom. The summed E-state index contributed by atoms with van der Waals surface area (Å²) in [4.78, 5) is 12.6. The molecule has 0 aliphatic rings. The summed E-state index contributed by atoms with van der Waals surface area (Å²) >= 11 is 5.24. The van der Waals surface area contributed by atoms with Crippen molar-refractivity contribution < 1.29 is 9.53 Å². The molecule has 0 aliphatic carbocycles. The van der Waals surface area contributed by atoms with Gasteiger partial charge in [-0.25, -0.2) is 0 Å². The number of rotatable bonds is 11. The Kier molecular flexibility index (Phi) is 10.1. The van der Waals surface area contributed by atoms with E-state index in [2.05, 4.69) is 29.7 Å². The second-order valence-electron chi connectivity index (χ2n) is 6.70. The minimum Gasteiger partial charge on any atom is -0.492 e. The number of unbranched alkanes of at least 4 members (excludes halogenated alkanes) is 4. The molecule has 0 fully saturated rings. The normalized spacial score (nSPS) is 10.3. The van der Waals surface area contributed by atoms with Gasteiger partial charge in [0.1, 0.15) is 5.75 Å². The molecule has 150 valence electrons. The Morgan fingerprint density at radius 3 is 2.46 bits per heavy atom. The zero-order chi connectivity index (χ0) is 20.0. The summed E-state index contributed by atoms with van der Waals surface area (Å²) in [5.41, 5.74) is 1.69. The maximum Gasteiger partial charge on any atom is 0.261 e. The molecular formula is C23H30N2O2S. The highest BCUT2D eigenvalue weighted by Crippen LogP contribution is 2.18. The first-order chi connectivity index (χ1) is 13.7. The van der Waals surface area contributed by atoms with Crippen molar-refractivity contribution in [3.63, 3.8) is 0 Å². The predicted octanol–water partition coefficient (Wildman–Crippen LogP) is 4.88. The summed E-state index contributed by atoms with van der Waals surface area (Å²) in [6, 6.07) is 17.4. The topological polar surface area (TPSA) is 50.4 Å². The van der Waals surface area contributed by atoms with Crippen molar-refractivity contribution in [1.29, 1.82) is 0 Å². The van der Waals surface area contributed by atoms with Gasteiger partial charge < -0.3 is 10.1 Å². The van der Waals surface area contributed by atoms with Crippen LogP contribution in [0.4, 0.5) is 0 Å². The molecule has 2 rings (SSSR count). The molecule has 5 heteroatoms. The fourth-order valence-corrected chi connectivity index (χ4v) is 3.04. The first-order valence-electron chi connectivity index (χ1n) is 10.1. The van der Waals surface area contributed by atoms with Gasteiger partial charge in [-0.1, -0.05) is 75.1 Å². The van der Waals surface area contributed by atoms with E-state index >= 15 is 0 Å². The quantitative estimate of drug-likeness (QED) is 0.418. The van der Waals surface area contributed by atoms with E-state index in [0.29, 0.717) is 23.0 Å². The summed E-state index contributed by atoms with van der Waals surface area (Å²) in [6.07, 6.45) is 6.75. The largest absolute Gasteiger partial charge is 0.492 e. The molecule has 1 amide bonds. The van der Waals surface area contributed by atoms with E-state index in [4.69, 9.17) is 17.0 Å². The van der Waals surface area contributed by atoms with Crippen LogP contribution in [0.3, 0.4) is 0 Å². The summed E-state index contributed by atoms with van der Waals surface area (Å²) in [6.45, 7) is 3.49. The maximum atomic E-state index is 12.6. The SMILES string of the molecule is CCCCCCCNC(=S)NC(=O)c1ccccc1OCCc1ccccc1. The Hall–Kier alpha value is -2.40. The zero-order valence-corrected chi connectivity index (χ0v) is 17.4. The van der Waals surface area contributed by atoms with Gasteiger partial charge in [-0.3, -0.25) is 10.1 Å². The molecule has 0 heterocycles. The third-order valence-corrected chi connectivity index (χ3v) is 4.66. The van der Waals surface area contributed by atoms with Gasteiger partial charge in [0.2, 0.25) is 0 Å². The summed E-state index contributed by atoms with van der Waals surface area (Å²) in [5, 5.41) is 6.21. The minimum absolute atomic E-state index is 0.251. The van der Waals surface area contributed by atoms with Crippen LogP contribution >= 0.6 is 12.2 Å². The van der Waals surface area contributed by atoms with Crippen LogP contribution < -0.4 is 15.4 Å². The number of hydrogen-bond acceptors (Lipinski definition) is 3. The lowest BCUT2D eigenvalue weighted by molar-refractivity contribution is 0.0972. The molecule has 2 aromatic rings. The molecule has 0 saturated heterocycles. The van der Waals surface area contributed by atoms with Crippen molar-refractivity contribution in [2.45, 2.75) is 45.4 Å². The van der Waals surface area contributed by atoms with Crippen LogP contribution in [-0.4, -0.2) is 24.2 Å². The number of para-hydroxylation sites is 1. The van der Waals surface area contributed by atoms with E-state index in [9.17, 15) is 4.79 Å². The second-order valence-corrected chi connectivity index (χ2v) is 7.11. The molecular weight excluding hydrogens is 368 g/mol. The average molecular weight is 399 g/mol. The number of hydrogen-bond donors (Lipinski definition) is 2. The van der Waals surface area contributed by atoms with E-state index in [1.54, 1.807) is 6.07 Å². The Bertz CT molecular complexity index is 734. The molecule has 0 aliphatic heterocycles. The third-order valence-electron chi connectivity index (χ3n) is 4.42. The molecule has 28 heavy (non-hydrogen) atoms. The Labute approximate surface area is 173 Å². The van der Waals surface area contributed by atoms with E-state index in [1.165, 1.54) is 31.2 Å². The van der Waals surface area contributed by atoms with Crippen molar-refractivity contribution in [2.75, 3.05) is 13.2 Å². The average Bonchev–Trinajstić information content (AvgIpc) is 2.71. The second kappa shape index (κ2) is 12.9. The number of nitrogens with one attached hydrogen (secondary N) is 2. The molecule has 0 spiro atoms. The van der Waals surface area contributed by atoms with Crippen molar-refractivity contribution >= 4 is 23.2 Å². The highest BCUT2D eigenvalue weighted by Gasteiger charge is 2.13. The van der Waals surface area contributed by atoms with Gasteiger partial charge in [-0.2, -0.15) is 0 Å². The van der Waals surface area contributed by atoms with Gasteiger partial charge in [-0.15, -0.1) is 0 Å². The van der Waals surface area contributed by atoms with Crippen molar-refractivity contribution in [3.8, 4) is 5.75 Å². The fourth-order valence-electron chi connectivity index (χ4n) is 2.85. The van der Waals surface area contributed by atoms with Crippen LogP contribution in [0.1, 0.15) is 54.9 Å². The van der Waals surface area contributed by atoms with Crippen LogP contribution in [0.2, 0.25) is 0 Å². The molecule has 2 aromatic carbocycles. The molecule has 0 aromatic heterocycles. The van der Waals surface area contributed by atoms with Gasteiger partial charge >= 0.3 is 0 Å². The maximum absolute atomic E-state index is 12.6. The van der Waals surface area contributed by atoms with Crippen LogP contribution in [0.25, 0.3) is 0 Å². The van der Waals surface area contributed by atoms with Gasteiger partial charge in [0.15, 0.2) is 5.11 Å². The van der Waals surface area contributed by atoms with E-state index in [0.717, 1.165) is 19.4 Å². The lowest BCUT2D eigenvalue weighted by Crippen LogP contribution is -2.39. The molecule has 0 unspecified atom stereocenters. The van der Waals surface area contributed by atoms with E-state index in [1.807, 2.05) is 36.4 Å². The van der Waals surface area contributed by atoms with Crippen molar-refractivity contribution in [3.05, 3.63) is 65.7 Å². The standard InChI is InChI=1S/C23H30N2O2S/c1-2-3-4-5-11-17-24-23(28)25-22(26)20-14-9-10-15-21(20)27-18-16-19-12-7-6-8-13-19/h6-10,12-15H,2-5,11,16-18H2,1H3,(H2,24,25,26,28). The highest BCUT2D eigenvalue weighted by atomic mass is 32.1. The number of thiocarbonyl (C=S) groups is 1. The minimum atomic E-state index is -0.251. The third kappa shape index (κ3) is 8.09. The number of benzene rings is 2. The van der Waals surface area contributed by atoms with Gasteiger partial charge in [-0.05, 0) is 36.3 Å².